The first-order chi connectivity index (χ1) is 24.4. The number of rotatable bonds is 15. The van der Waals surface area contributed by atoms with Crippen LogP contribution in [0.2, 0.25) is 0 Å². The van der Waals surface area contributed by atoms with Gasteiger partial charge in [-0.25, -0.2) is 19.2 Å². The lowest BCUT2D eigenvalue weighted by molar-refractivity contribution is -0.298. The Hall–Kier alpha value is -5.65. The van der Waals surface area contributed by atoms with Crippen LogP contribution in [0, 0.1) is 0 Å². The highest BCUT2D eigenvalue weighted by Gasteiger charge is 2.53. The SMILES string of the molecule is O=CCCCCO[C@@H]1OC(COC(=O)c2ccccc2)[C@H](OC(=O)c2ccccc2)C(OC(=O)c2ccccc2)C1OC(=O)c1ccccc1. The van der Waals surface area contributed by atoms with E-state index in [1.54, 1.807) is 109 Å². The summed E-state index contributed by atoms with van der Waals surface area (Å²) in [5.41, 5.74) is 0.832. The summed E-state index contributed by atoms with van der Waals surface area (Å²) in [4.78, 5) is 64.5. The first kappa shape index (κ1) is 35.7. The fourth-order valence-electron chi connectivity index (χ4n) is 5.19. The number of aldehydes is 1. The van der Waals surface area contributed by atoms with Crippen molar-refractivity contribution in [2.24, 2.45) is 0 Å². The zero-order valence-electron chi connectivity index (χ0n) is 27.0. The van der Waals surface area contributed by atoms with Crippen LogP contribution >= 0.6 is 0 Å². The van der Waals surface area contributed by atoms with Gasteiger partial charge in [-0.3, -0.25) is 0 Å². The molecule has 258 valence electrons. The molecule has 1 fully saturated rings. The Balaban J connectivity index is 1.52. The molecule has 0 spiro atoms. The van der Waals surface area contributed by atoms with Crippen LogP contribution in [0.25, 0.3) is 0 Å². The van der Waals surface area contributed by atoms with Gasteiger partial charge in [-0.2, -0.15) is 0 Å². The summed E-state index contributed by atoms with van der Waals surface area (Å²) in [6.45, 7) is -0.382. The minimum absolute atomic E-state index is 0.0717. The summed E-state index contributed by atoms with van der Waals surface area (Å²) in [5.74, 6) is -3.05. The van der Waals surface area contributed by atoms with Crippen molar-refractivity contribution < 1.29 is 52.4 Å². The van der Waals surface area contributed by atoms with Gasteiger partial charge in [0.2, 0.25) is 0 Å². The molecular weight excluding hydrogens is 644 g/mol. The molecule has 3 unspecified atom stereocenters. The van der Waals surface area contributed by atoms with Crippen LogP contribution in [-0.4, -0.2) is 74.1 Å². The molecule has 4 aromatic carbocycles. The van der Waals surface area contributed by atoms with Crippen LogP contribution < -0.4 is 0 Å². The van der Waals surface area contributed by atoms with Gasteiger partial charge in [0.1, 0.15) is 19.0 Å². The molecule has 1 heterocycles. The van der Waals surface area contributed by atoms with Gasteiger partial charge in [0.15, 0.2) is 24.6 Å². The Labute approximate surface area is 289 Å². The van der Waals surface area contributed by atoms with Gasteiger partial charge in [-0.15, -0.1) is 0 Å². The Morgan fingerprint density at radius 1 is 0.540 bits per heavy atom. The molecule has 50 heavy (non-hydrogen) atoms. The third kappa shape index (κ3) is 9.71. The van der Waals surface area contributed by atoms with Gasteiger partial charge >= 0.3 is 23.9 Å². The second-order valence-electron chi connectivity index (χ2n) is 11.2. The molecule has 11 heteroatoms. The fourth-order valence-corrected chi connectivity index (χ4v) is 5.19. The van der Waals surface area contributed by atoms with Crippen molar-refractivity contribution in [1.29, 1.82) is 0 Å². The second kappa shape index (κ2) is 18.2. The van der Waals surface area contributed by atoms with E-state index in [0.717, 1.165) is 6.29 Å². The van der Waals surface area contributed by atoms with E-state index >= 15 is 0 Å². The largest absolute Gasteiger partial charge is 0.459 e. The van der Waals surface area contributed by atoms with Crippen LogP contribution in [0.15, 0.2) is 121 Å². The first-order valence-corrected chi connectivity index (χ1v) is 16.2. The average Bonchev–Trinajstić information content (AvgIpc) is 3.17. The van der Waals surface area contributed by atoms with Gasteiger partial charge in [0.05, 0.1) is 22.3 Å². The first-order valence-electron chi connectivity index (χ1n) is 16.2. The molecule has 4 aromatic rings. The van der Waals surface area contributed by atoms with Crippen LogP contribution in [0.3, 0.4) is 0 Å². The lowest BCUT2D eigenvalue weighted by atomic mass is 9.97. The number of carbonyl (C=O) groups excluding carboxylic acids is 5. The van der Waals surface area contributed by atoms with E-state index in [1.165, 1.54) is 12.1 Å². The zero-order valence-corrected chi connectivity index (χ0v) is 27.0. The quantitative estimate of drug-likeness (QED) is 0.0668. The van der Waals surface area contributed by atoms with E-state index in [0.29, 0.717) is 19.3 Å². The molecule has 11 nitrogen and oxygen atoms in total. The standard InChI is InChI=1S/C39H36O11/c40-24-14-5-15-25-45-39-34(50-38(44)30-22-12-4-13-23-30)33(49-37(43)29-20-10-3-11-21-29)32(48-36(42)28-18-8-2-9-19-28)31(47-39)26-46-35(41)27-16-6-1-7-17-27/h1-4,6-13,16-24,31-34,39H,5,14-15,25-26H2/t31?,32-,33?,34?,39+/m0/s1. The Kier molecular flexibility index (Phi) is 13.0. The van der Waals surface area contributed by atoms with Crippen molar-refractivity contribution in [3.63, 3.8) is 0 Å². The van der Waals surface area contributed by atoms with Crippen LogP contribution in [-0.2, 0) is 33.2 Å². The molecule has 1 saturated heterocycles. The van der Waals surface area contributed by atoms with E-state index in [2.05, 4.69) is 0 Å². The molecule has 0 N–H and O–H groups in total. The second-order valence-corrected chi connectivity index (χ2v) is 11.2. The van der Waals surface area contributed by atoms with E-state index in [1.807, 2.05) is 0 Å². The number of benzene rings is 4. The molecule has 5 rings (SSSR count). The maximum Gasteiger partial charge on any atom is 0.338 e. The van der Waals surface area contributed by atoms with Crippen molar-refractivity contribution in [3.8, 4) is 0 Å². The average molecular weight is 681 g/mol. The summed E-state index contributed by atoms with van der Waals surface area (Å²) in [6.07, 6.45) is -4.97. The van der Waals surface area contributed by atoms with Gasteiger partial charge < -0.3 is 33.2 Å². The van der Waals surface area contributed by atoms with Gasteiger partial charge in [-0.1, -0.05) is 72.8 Å². The van der Waals surface area contributed by atoms with Crippen LogP contribution in [0.1, 0.15) is 60.7 Å². The molecule has 0 bridgehead atoms. The van der Waals surface area contributed by atoms with Crippen molar-refractivity contribution in [1.82, 2.24) is 0 Å². The summed E-state index contributed by atoms with van der Waals surface area (Å²) in [7, 11) is 0. The molecule has 1 aliphatic rings. The molecule has 0 saturated carbocycles. The number of unbranched alkanes of at least 4 members (excludes halogenated alkanes) is 2. The highest BCUT2D eigenvalue weighted by Crippen LogP contribution is 2.32. The minimum atomic E-state index is -1.50. The third-order valence-corrected chi connectivity index (χ3v) is 7.74. The topological polar surface area (TPSA) is 141 Å². The molecule has 0 aliphatic carbocycles. The lowest BCUT2D eigenvalue weighted by Gasteiger charge is -2.44. The monoisotopic (exact) mass is 680 g/mol. The lowest BCUT2D eigenvalue weighted by Crippen LogP contribution is -2.63. The number of hydrogen-bond donors (Lipinski definition) is 0. The molecular formula is C39H36O11. The molecule has 0 radical (unpaired) electrons. The van der Waals surface area contributed by atoms with Crippen molar-refractivity contribution in [3.05, 3.63) is 144 Å². The number of esters is 4. The third-order valence-electron chi connectivity index (χ3n) is 7.74. The molecule has 0 aromatic heterocycles. The minimum Gasteiger partial charge on any atom is -0.459 e. The maximum atomic E-state index is 13.6. The van der Waals surface area contributed by atoms with Crippen molar-refractivity contribution >= 4 is 30.2 Å². The van der Waals surface area contributed by atoms with Crippen molar-refractivity contribution in [2.75, 3.05) is 13.2 Å². The Morgan fingerprint density at radius 3 is 1.42 bits per heavy atom. The zero-order chi connectivity index (χ0) is 35.1. The van der Waals surface area contributed by atoms with E-state index in [-0.39, 0.29) is 28.9 Å². The maximum absolute atomic E-state index is 13.6. The number of ether oxygens (including phenoxy) is 6. The Morgan fingerprint density at radius 2 is 0.960 bits per heavy atom. The van der Waals surface area contributed by atoms with Crippen LogP contribution in [0.4, 0.5) is 0 Å². The molecule has 0 amide bonds. The predicted octanol–water partition coefficient (Wildman–Crippen LogP) is 5.63. The number of carbonyl (C=O) groups is 5. The summed E-state index contributed by atoms with van der Waals surface area (Å²) >= 11 is 0. The molecule has 5 atom stereocenters. The fraction of sp³-hybridized carbons (Fsp3) is 0.256. The summed E-state index contributed by atoms with van der Waals surface area (Å²) < 4.78 is 35.9. The van der Waals surface area contributed by atoms with E-state index in [9.17, 15) is 24.0 Å². The summed E-state index contributed by atoms with van der Waals surface area (Å²) in [6, 6.07) is 32.6. The van der Waals surface area contributed by atoms with E-state index in [4.69, 9.17) is 28.4 Å². The van der Waals surface area contributed by atoms with Crippen LogP contribution in [0.5, 0.6) is 0 Å². The highest BCUT2D eigenvalue weighted by molar-refractivity contribution is 5.91. The normalized spacial score (nSPS) is 19.8. The number of hydrogen-bond acceptors (Lipinski definition) is 11. The van der Waals surface area contributed by atoms with Gasteiger partial charge in [0.25, 0.3) is 0 Å². The summed E-state index contributed by atoms with van der Waals surface area (Å²) in [5, 5.41) is 0. The molecule has 1 aliphatic heterocycles. The smallest absolute Gasteiger partial charge is 0.338 e. The highest BCUT2D eigenvalue weighted by atomic mass is 16.7. The van der Waals surface area contributed by atoms with Crippen molar-refractivity contribution in [2.45, 2.75) is 50.0 Å². The Bertz CT molecular complexity index is 1700. The van der Waals surface area contributed by atoms with Gasteiger partial charge in [0, 0.05) is 13.0 Å². The van der Waals surface area contributed by atoms with E-state index < -0.39 is 61.2 Å². The predicted molar refractivity (Wildman–Crippen MR) is 178 cm³/mol. The van der Waals surface area contributed by atoms with Gasteiger partial charge in [-0.05, 0) is 61.4 Å².